The lowest BCUT2D eigenvalue weighted by molar-refractivity contribution is -0.132. The Morgan fingerprint density at radius 1 is 1.12 bits per heavy atom. The Morgan fingerprint density at radius 2 is 1.81 bits per heavy atom. The number of carbonyl (C=O) groups excluding carboxylic acids is 1. The first-order valence-electron chi connectivity index (χ1n) is 8.54. The Labute approximate surface area is 153 Å². The van der Waals surface area contributed by atoms with Crippen LogP contribution in [0.4, 0.5) is 0 Å². The Morgan fingerprint density at radius 3 is 2.35 bits per heavy atom. The summed E-state index contributed by atoms with van der Waals surface area (Å²) in [6.07, 6.45) is 5.40. The quantitative estimate of drug-likeness (QED) is 0.736. The van der Waals surface area contributed by atoms with Crippen LogP contribution in [0.1, 0.15) is 17.7 Å². The van der Waals surface area contributed by atoms with Gasteiger partial charge < -0.3 is 4.90 Å². The van der Waals surface area contributed by atoms with Gasteiger partial charge in [-0.1, -0.05) is 0 Å². The second kappa shape index (κ2) is 7.20. The smallest absolute Gasteiger partial charge is 0.246 e. The largest absolute Gasteiger partial charge is 0.340 e. The zero-order chi connectivity index (χ0) is 18.9. The van der Waals surface area contributed by atoms with Gasteiger partial charge in [-0.15, -0.1) is 0 Å². The SMILES string of the molecule is Cc1cnn(CCC(=O)N2CCN(S(=O)(=O)c3cnn(C)c3C)CC2)c1. The summed E-state index contributed by atoms with van der Waals surface area (Å²) >= 11 is 0. The molecule has 0 radical (unpaired) electrons. The van der Waals surface area contributed by atoms with Crippen LogP contribution in [-0.2, 0) is 28.4 Å². The molecule has 1 saturated heterocycles. The highest BCUT2D eigenvalue weighted by Crippen LogP contribution is 2.20. The third-order valence-electron chi connectivity index (χ3n) is 4.72. The molecule has 0 unspecified atom stereocenters. The molecule has 0 spiro atoms. The van der Waals surface area contributed by atoms with Gasteiger partial charge in [0.15, 0.2) is 0 Å². The van der Waals surface area contributed by atoms with E-state index in [0.29, 0.717) is 44.8 Å². The van der Waals surface area contributed by atoms with Gasteiger partial charge in [-0.05, 0) is 19.4 Å². The first-order valence-corrected chi connectivity index (χ1v) is 9.98. The molecule has 0 aromatic carbocycles. The topological polar surface area (TPSA) is 93.3 Å². The van der Waals surface area contributed by atoms with E-state index >= 15 is 0 Å². The van der Waals surface area contributed by atoms with Crippen molar-refractivity contribution < 1.29 is 13.2 Å². The molecule has 3 heterocycles. The van der Waals surface area contributed by atoms with Gasteiger partial charge in [-0.3, -0.25) is 14.2 Å². The summed E-state index contributed by atoms with van der Waals surface area (Å²) in [6.45, 7) is 5.60. The molecule has 142 valence electrons. The van der Waals surface area contributed by atoms with Crippen molar-refractivity contribution in [1.82, 2.24) is 28.8 Å². The predicted molar refractivity (Wildman–Crippen MR) is 94.9 cm³/mol. The van der Waals surface area contributed by atoms with E-state index in [1.54, 1.807) is 34.4 Å². The highest BCUT2D eigenvalue weighted by molar-refractivity contribution is 7.89. The van der Waals surface area contributed by atoms with Crippen molar-refractivity contribution in [1.29, 1.82) is 0 Å². The number of amides is 1. The summed E-state index contributed by atoms with van der Waals surface area (Å²) in [5, 5.41) is 8.18. The maximum atomic E-state index is 12.8. The molecular formula is C16H24N6O3S. The van der Waals surface area contributed by atoms with E-state index < -0.39 is 10.0 Å². The Hall–Kier alpha value is -2.20. The third kappa shape index (κ3) is 3.65. The lowest BCUT2D eigenvalue weighted by Gasteiger charge is -2.34. The standard InChI is InChI=1S/C16H24N6O3S/c1-13-10-18-21(12-13)5-4-16(23)20-6-8-22(9-7-20)26(24,25)15-11-17-19(3)14(15)2/h10-12H,4-9H2,1-3H3. The maximum Gasteiger partial charge on any atom is 0.246 e. The Bertz CT molecular complexity index is 893. The van der Waals surface area contributed by atoms with Crippen molar-refractivity contribution in [2.75, 3.05) is 26.2 Å². The minimum Gasteiger partial charge on any atom is -0.340 e. The van der Waals surface area contributed by atoms with Gasteiger partial charge in [0.25, 0.3) is 0 Å². The van der Waals surface area contributed by atoms with Crippen molar-refractivity contribution in [2.24, 2.45) is 7.05 Å². The zero-order valence-corrected chi connectivity index (χ0v) is 16.1. The van der Waals surface area contributed by atoms with Crippen molar-refractivity contribution in [3.8, 4) is 0 Å². The Kier molecular flexibility index (Phi) is 5.15. The number of rotatable bonds is 5. The predicted octanol–water partition coefficient (Wildman–Crippen LogP) is 0.157. The van der Waals surface area contributed by atoms with Crippen molar-refractivity contribution in [3.05, 3.63) is 29.8 Å². The number of carbonyl (C=O) groups is 1. The molecule has 0 N–H and O–H groups in total. The van der Waals surface area contributed by atoms with Crippen LogP contribution in [0, 0.1) is 13.8 Å². The number of aromatic nitrogens is 4. The highest BCUT2D eigenvalue weighted by atomic mass is 32.2. The van der Waals surface area contributed by atoms with Gasteiger partial charge in [0, 0.05) is 52.4 Å². The second-order valence-electron chi connectivity index (χ2n) is 6.53. The summed E-state index contributed by atoms with van der Waals surface area (Å²) in [7, 11) is -1.86. The van der Waals surface area contributed by atoms with Gasteiger partial charge >= 0.3 is 0 Å². The van der Waals surface area contributed by atoms with Gasteiger partial charge in [-0.25, -0.2) is 8.42 Å². The molecule has 0 saturated carbocycles. The van der Waals surface area contributed by atoms with E-state index in [-0.39, 0.29) is 10.8 Å². The van der Waals surface area contributed by atoms with E-state index in [4.69, 9.17) is 0 Å². The fraction of sp³-hybridized carbons (Fsp3) is 0.562. The average Bonchev–Trinajstić information content (AvgIpc) is 3.19. The van der Waals surface area contributed by atoms with Crippen LogP contribution in [0.3, 0.4) is 0 Å². The normalized spacial score (nSPS) is 16.2. The lowest BCUT2D eigenvalue weighted by atomic mass is 10.3. The van der Waals surface area contributed by atoms with Gasteiger partial charge in [0.2, 0.25) is 15.9 Å². The molecule has 1 aliphatic heterocycles. The third-order valence-corrected chi connectivity index (χ3v) is 6.72. The molecule has 10 heteroatoms. The molecule has 2 aromatic heterocycles. The second-order valence-corrected chi connectivity index (χ2v) is 8.44. The molecule has 2 aromatic rings. The fourth-order valence-corrected chi connectivity index (χ4v) is 4.61. The summed E-state index contributed by atoms with van der Waals surface area (Å²) in [5.41, 5.74) is 1.67. The van der Waals surface area contributed by atoms with Crippen LogP contribution in [0.2, 0.25) is 0 Å². The molecular weight excluding hydrogens is 356 g/mol. The van der Waals surface area contributed by atoms with Gasteiger partial charge in [0.1, 0.15) is 4.90 Å². The average molecular weight is 380 g/mol. The van der Waals surface area contributed by atoms with Gasteiger partial charge in [0.05, 0.1) is 18.1 Å². The van der Waals surface area contributed by atoms with Crippen LogP contribution in [0.25, 0.3) is 0 Å². The van der Waals surface area contributed by atoms with E-state index in [1.165, 1.54) is 10.5 Å². The number of hydrogen-bond acceptors (Lipinski definition) is 5. The lowest BCUT2D eigenvalue weighted by Crippen LogP contribution is -2.50. The molecule has 3 rings (SSSR count). The molecule has 26 heavy (non-hydrogen) atoms. The van der Waals surface area contributed by atoms with Crippen molar-refractivity contribution in [2.45, 2.75) is 31.7 Å². The molecule has 0 aliphatic carbocycles. The monoisotopic (exact) mass is 380 g/mol. The van der Waals surface area contributed by atoms with E-state index in [1.807, 2.05) is 13.1 Å². The first-order chi connectivity index (χ1) is 12.3. The molecule has 0 atom stereocenters. The molecule has 9 nitrogen and oxygen atoms in total. The summed E-state index contributed by atoms with van der Waals surface area (Å²) < 4.78 is 30.3. The fourth-order valence-electron chi connectivity index (χ4n) is 3.01. The van der Waals surface area contributed by atoms with Crippen LogP contribution in [0.15, 0.2) is 23.5 Å². The number of nitrogens with zero attached hydrogens (tertiary/aromatic N) is 6. The number of hydrogen-bond donors (Lipinski definition) is 0. The van der Waals surface area contributed by atoms with Crippen LogP contribution in [0.5, 0.6) is 0 Å². The molecule has 1 fully saturated rings. The van der Waals surface area contributed by atoms with E-state index in [9.17, 15) is 13.2 Å². The number of aryl methyl sites for hydroxylation is 3. The highest BCUT2D eigenvalue weighted by Gasteiger charge is 2.32. The van der Waals surface area contributed by atoms with Crippen LogP contribution in [-0.4, -0.2) is 69.3 Å². The van der Waals surface area contributed by atoms with Crippen LogP contribution < -0.4 is 0 Å². The molecule has 1 amide bonds. The minimum atomic E-state index is -3.58. The maximum absolute atomic E-state index is 12.8. The first kappa shape index (κ1) is 18.6. The molecule has 0 bridgehead atoms. The summed E-state index contributed by atoms with van der Waals surface area (Å²) in [6, 6.07) is 0. The molecule has 1 aliphatic rings. The van der Waals surface area contributed by atoms with E-state index in [0.717, 1.165) is 5.56 Å². The minimum absolute atomic E-state index is 0.0211. The van der Waals surface area contributed by atoms with Crippen molar-refractivity contribution >= 4 is 15.9 Å². The van der Waals surface area contributed by atoms with Crippen molar-refractivity contribution in [3.63, 3.8) is 0 Å². The summed E-state index contributed by atoms with van der Waals surface area (Å²) in [4.78, 5) is 14.3. The number of piperazine rings is 1. The van der Waals surface area contributed by atoms with E-state index in [2.05, 4.69) is 10.2 Å². The number of sulfonamides is 1. The van der Waals surface area contributed by atoms with Crippen LogP contribution >= 0.6 is 0 Å². The Balaban J connectivity index is 1.56. The van der Waals surface area contributed by atoms with Gasteiger partial charge in [-0.2, -0.15) is 14.5 Å². The zero-order valence-electron chi connectivity index (χ0n) is 15.3. The summed E-state index contributed by atoms with van der Waals surface area (Å²) in [5.74, 6) is 0.0211.